The van der Waals surface area contributed by atoms with Crippen LogP contribution in [0.3, 0.4) is 0 Å². The van der Waals surface area contributed by atoms with Crippen LogP contribution in [0, 0.1) is 5.82 Å². The van der Waals surface area contributed by atoms with Gasteiger partial charge in [-0.25, -0.2) is 14.4 Å². The molecule has 1 fully saturated rings. The van der Waals surface area contributed by atoms with Gasteiger partial charge in [0.25, 0.3) is 5.91 Å². The van der Waals surface area contributed by atoms with Crippen molar-refractivity contribution in [3.8, 4) is 17.1 Å². The monoisotopic (exact) mass is 367 g/mol. The number of carbonyl (C=O) groups is 1. The molecule has 8 heteroatoms. The summed E-state index contributed by atoms with van der Waals surface area (Å²) in [6.07, 6.45) is 4.65. The molecule has 1 saturated heterocycles. The highest BCUT2D eigenvalue weighted by molar-refractivity contribution is 5.93. The van der Waals surface area contributed by atoms with Crippen LogP contribution in [0.2, 0.25) is 0 Å². The summed E-state index contributed by atoms with van der Waals surface area (Å²) in [5, 5.41) is 6.96. The molecule has 3 aromatic rings. The van der Waals surface area contributed by atoms with Gasteiger partial charge in [0, 0.05) is 24.4 Å². The van der Waals surface area contributed by atoms with Crippen molar-refractivity contribution in [2.45, 2.75) is 18.9 Å². The minimum Gasteiger partial charge on any atom is -0.472 e. The topological polar surface area (TPSA) is 84.0 Å². The van der Waals surface area contributed by atoms with Crippen molar-refractivity contribution < 1.29 is 13.9 Å². The first kappa shape index (κ1) is 17.1. The van der Waals surface area contributed by atoms with Crippen LogP contribution in [0.1, 0.15) is 23.3 Å². The second kappa shape index (κ2) is 7.53. The maximum atomic E-state index is 13.1. The molecule has 0 bridgehead atoms. The van der Waals surface area contributed by atoms with Gasteiger partial charge in [0.2, 0.25) is 5.88 Å². The van der Waals surface area contributed by atoms with E-state index in [1.807, 2.05) is 0 Å². The van der Waals surface area contributed by atoms with Crippen molar-refractivity contribution in [1.29, 1.82) is 0 Å². The Labute approximate surface area is 155 Å². The smallest absolute Gasteiger partial charge is 0.272 e. The van der Waals surface area contributed by atoms with Gasteiger partial charge in [0.15, 0.2) is 0 Å². The van der Waals surface area contributed by atoms with E-state index in [4.69, 9.17) is 4.74 Å². The molecular weight excluding hydrogens is 349 g/mol. The summed E-state index contributed by atoms with van der Waals surface area (Å²) in [5.41, 5.74) is 1.75. The summed E-state index contributed by atoms with van der Waals surface area (Å²) >= 11 is 0. The molecule has 27 heavy (non-hydrogen) atoms. The van der Waals surface area contributed by atoms with Crippen LogP contribution in [-0.4, -0.2) is 50.2 Å². The molecule has 4 rings (SSSR count). The normalized spacial score (nSPS) is 16.9. The van der Waals surface area contributed by atoms with Crippen molar-refractivity contribution >= 4 is 5.91 Å². The molecule has 0 saturated carbocycles. The van der Waals surface area contributed by atoms with Crippen molar-refractivity contribution in [3.05, 3.63) is 60.4 Å². The Morgan fingerprint density at radius 3 is 2.89 bits per heavy atom. The largest absolute Gasteiger partial charge is 0.472 e. The number of benzene rings is 1. The lowest BCUT2D eigenvalue weighted by atomic mass is 10.1. The van der Waals surface area contributed by atoms with E-state index in [2.05, 4.69) is 20.2 Å². The molecule has 1 aliphatic rings. The fraction of sp³-hybridized carbons (Fsp3) is 0.263. The number of piperidine rings is 1. The van der Waals surface area contributed by atoms with E-state index in [-0.39, 0.29) is 17.8 Å². The Hall–Kier alpha value is -3.29. The van der Waals surface area contributed by atoms with Crippen molar-refractivity contribution in [1.82, 2.24) is 25.1 Å². The van der Waals surface area contributed by atoms with Crippen molar-refractivity contribution in [2.24, 2.45) is 0 Å². The molecule has 0 spiro atoms. The summed E-state index contributed by atoms with van der Waals surface area (Å²) in [4.78, 5) is 22.5. The number of nitrogens with one attached hydrogen (secondary N) is 1. The predicted octanol–water partition coefficient (Wildman–Crippen LogP) is 2.69. The quantitative estimate of drug-likeness (QED) is 0.766. The van der Waals surface area contributed by atoms with E-state index in [1.165, 1.54) is 18.5 Å². The second-order valence-corrected chi connectivity index (χ2v) is 6.35. The number of H-pyrrole nitrogens is 1. The van der Waals surface area contributed by atoms with Gasteiger partial charge in [-0.05, 0) is 43.2 Å². The Kier molecular flexibility index (Phi) is 4.78. The van der Waals surface area contributed by atoms with Gasteiger partial charge in [0.1, 0.15) is 23.9 Å². The minimum absolute atomic E-state index is 0.114. The average Bonchev–Trinajstić information content (AvgIpc) is 3.19. The molecular formula is C19H18FN5O2. The molecule has 1 unspecified atom stereocenters. The van der Waals surface area contributed by atoms with Gasteiger partial charge in [-0.1, -0.05) is 0 Å². The molecule has 0 radical (unpaired) electrons. The third-order valence-electron chi connectivity index (χ3n) is 4.46. The SMILES string of the molecule is O=C(c1cc(-c2ccc(F)cc2)n[nH]1)N1CCCC(Oc2ccncn2)C1. The Morgan fingerprint density at radius 2 is 2.11 bits per heavy atom. The number of ether oxygens (including phenoxy) is 1. The van der Waals surface area contributed by atoms with E-state index in [9.17, 15) is 9.18 Å². The zero-order valence-corrected chi connectivity index (χ0v) is 14.5. The van der Waals surface area contributed by atoms with Gasteiger partial charge >= 0.3 is 0 Å². The number of carbonyl (C=O) groups excluding carboxylic acids is 1. The van der Waals surface area contributed by atoms with Crippen molar-refractivity contribution in [2.75, 3.05) is 13.1 Å². The van der Waals surface area contributed by atoms with E-state index >= 15 is 0 Å². The number of hydrogen-bond donors (Lipinski definition) is 1. The number of aromatic amines is 1. The molecule has 3 heterocycles. The molecule has 138 valence electrons. The molecule has 0 aliphatic carbocycles. The number of hydrogen-bond acceptors (Lipinski definition) is 5. The predicted molar refractivity (Wildman–Crippen MR) is 95.6 cm³/mol. The van der Waals surface area contributed by atoms with Crippen LogP contribution < -0.4 is 4.74 Å². The van der Waals surface area contributed by atoms with Gasteiger partial charge < -0.3 is 9.64 Å². The van der Waals surface area contributed by atoms with Crippen LogP contribution in [0.15, 0.2) is 48.9 Å². The maximum Gasteiger partial charge on any atom is 0.272 e. The minimum atomic E-state index is -0.311. The van der Waals surface area contributed by atoms with Crippen LogP contribution in [-0.2, 0) is 0 Å². The summed E-state index contributed by atoms with van der Waals surface area (Å²) < 4.78 is 18.9. The van der Waals surface area contributed by atoms with Crippen LogP contribution >= 0.6 is 0 Å². The number of nitrogens with zero attached hydrogens (tertiary/aromatic N) is 4. The first-order valence-corrected chi connectivity index (χ1v) is 8.72. The summed E-state index contributed by atoms with van der Waals surface area (Å²) in [5.74, 6) is 0.0601. The lowest BCUT2D eigenvalue weighted by Gasteiger charge is -2.32. The van der Waals surface area contributed by atoms with Gasteiger partial charge in [0.05, 0.1) is 12.2 Å². The second-order valence-electron chi connectivity index (χ2n) is 6.35. The number of amides is 1. The van der Waals surface area contributed by atoms with E-state index in [1.54, 1.807) is 35.4 Å². The fourth-order valence-electron chi connectivity index (χ4n) is 3.11. The lowest BCUT2D eigenvalue weighted by molar-refractivity contribution is 0.0522. The third-order valence-corrected chi connectivity index (χ3v) is 4.46. The van der Waals surface area contributed by atoms with Gasteiger partial charge in [-0.3, -0.25) is 9.89 Å². The molecule has 1 atom stereocenters. The number of halogens is 1. The summed E-state index contributed by atoms with van der Waals surface area (Å²) in [6.45, 7) is 1.14. The highest BCUT2D eigenvalue weighted by Crippen LogP contribution is 2.21. The van der Waals surface area contributed by atoms with E-state index in [0.29, 0.717) is 30.4 Å². The number of rotatable bonds is 4. The average molecular weight is 367 g/mol. The fourth-order valence-corrected chi connectivity index (χ4v) is 3.11. The molecule has 2 aromatic heterocycles. The van der Waals surface area contributed by atoms with Gasteiger partial charge in [-0.2, -0.15) is 5.10 Å². The maximum absolute atomic E-state index is 13.1. The summed E-state index contributed by atoms with van der Waals surface area (Å²) in [7, 11) is 0. The van der Waals surface area contributed by atoms with Crippen LogP contribution in [0.4, 0.5) is 4.39 Å². The van der Waals surface area contributed by atoms with E-state index < -0.39 is 0 Å². The van der Waals surface area contributed by atoms with Crippen LogP contribution in [0.5, 0.6) is 5.88 Å². The Bertz CT molecular complexity index is 913. The molecule has 1 aliphatic heterocycles. The Balaban J connectivity index is 1.44. The first-order valence-electron chi connectivity index (χ1n) is 8.72. The first-order chi connectivity index (χ1) is 13.2. The van der Waals surface area contributed by atoms with Gasteiger partial charge in [-0.15, -0.1) is 0 Å². The highest BCUT2D eigenvalue weighted by Gasteiger charge is 2.27. The zero-order valence-electron chi connectivity index (χ0n) is 14.5. The molecule has 1 amide bonds. The highest BCUT2D eigenvalue weighted by atomic mass is 19.1. The zero-order chi connectivity index (χ0) is 18.6. The lowest BCUT2D eigenvalue weighted by Crippen LogP contribution is -2.44. The van der Waals surface area contributed by atoms with Crippen LogP contribution in [0.25, 0.3) is 11.3 Å². The summed E-state index contributed by atoms with van der Waals surface area (Å²) in [6, 6.07) is 9.38. The molecule has 1 N–H and O–H groups in total. The Morgan fingerprint density at radius 1 is 1.26 bits per heavy atom. The number of aromatic nitrogens is 4. The van der Waals surface area contributed by atoms with E-state index in [0.717, 1.165) is 18.4 Å². The molecule has 7 nitrogen and oxygen atoms in total. The molecule has 1 aromatic carbocycles. The third kappa shape index (κ3) is 3.94. The van der Waals surface area contributed by atoms with Crippen molar-refractivity contribution in [3.63, 3.8) is 0 Å². The standard InChI is InChI=1S/C19H18FN5O2/c20-14-5-3-13(4-6-14)16-10-17(24-23-16)19(26)25-9-1-2-15(11-25)27-18-7-8-21-12-22-18/h3-8,10,12,15H,1-2,9,11H2,(H,23,24). The number of likely N-dealkylation sites (tertiary alicyclic amines) is 1.